The van der Waals surface area contributed by atoms with E-state index in [1.54, 1.807) is 19.9 Å². The van der Waals surface area contributed by atoms with Crippen molar-refractivity contribution in [1.82, 2.24) is 0 Å². The third kappa shape index (κ3) is 5.60. The maximum atomic E-state index is 11.4. The third-order valence-electron chi connectivity index (χ3n) is 4.26. The highest BCUT2D eigenvalue weighted by molar-refractivity contribution is 5.87. The summed E-state index contributed by atoms with van der Waals surface area (Å²) in [6.45, 7) is 6.52. The number of methoxy groups -OCH3 is 1. The van der Waals surface area contributed by atoms with Gasteiger partial charge in [-0.25, -0.2) is 4.79 Å². The summed E-state index contributed by atoms with van der Waals surface area (Å²) in [6.07, 6.45) is -2.61. The molecule has 0 radical (unpaired) electrons. The number of ether oxygens (including phenoxy) is 3. The number of allylic oxidation sites excluding steroid dienone is 1. The van der Waals surface area contributed by atoms with E-state index in [0.29, 0.717) is 18.4 Å². The molecule has 1 fully saturated rings. The number of esters is 1. The molecule has 25 heavy (non-hydrogen) atoms. The number of carbonyl (C=O) groups is 1. The minimum absolute atomic E-state index is 0.417. The van der Waals surface area contributed by atoms with Crippen molar-refractivity contribution in [2.24, 2.45) is 0 Å². The van der Waals surface area contributed by atoms with E-state index in [1.165, 1.54) is 13.2 Å². The standard InChI is InChI=1S/C17H28O8/c1-5-17(3,8-6-7-10(2)15(22)23-4)25-16-14(21)13(20)12(19)11(9-18)24-16/h5,7,11-14,16,18-21H,1,6,8-9H2,2-4H3/b10-7+/t11-,12-,13+,14-,16+,17-/m1/s1. The molecule has 0 saturated carbocycles. The summed E-state index contributed by atoms with van der Waals surface area (Å²) in [5.41, 5.74) is -0.470. The number of aliphatic hydroxyl groups excluding tert-OH is 4. The van der Waals surface area contributed by atoms with Gasteiger partial charge >= 0.3 is 5.97 Å². The van der Waals surface area contributed by atoms with Crippen LogP contribution in [0.3, 0.4) is 0 Å². The molecular formula is C17H28O8. The Kier molecular flexibility index (Phi) is 8.20. The zero-order valence-electron chi connectivity index (χ0n) is 14.8. The van der Waals surface area contributed by atoms with Crippen LogP contribution in [-0.4, -0.2) is 76.4 Å². The highest BCUT2D eigenvalue weighted by atomic mass is 16.7. The van der Waals surface area contributed by atoms with Gasteiger partial charge in [-0.1, -0.05) is 12.2 Å². The fraction of sp³-hybridized carbons (Fsp3) is 0.706. The Balaban J connectivity index is 2.75. The molecule has 0 aliphatic carbocycles. The molecule has 1 aliphatic rings. The Morgan fingerprint density at radius 2 is 1.92 bits per heavy atom. The summed E-state index contributed by atoms with van der Waals surface area (Å²) in [4.78, 5) is 11.4. The van der Waals surface area contributed by atoms with Crippen molar-refractivity contribution in [3.8, 4) is 0 Å². The molecule has 1 rings (SSSR count). The molecule has 1 aliphatic heterocycles. The third-order valence-corrected chi connectivity index (χ3v) is 4.26. The monoisotopic (exact) mass is 360 g/mol. The maximum absolute atomic E-state index is 11.4. The maximum Gasteiger partial charge on any atom is 0.333 e. The second kappa shape index (κ2) is 9.42. The van der Waals surface area contributed by atoms with Gasteiger partial charge in [0, 0.05) is 5.57 Å². The smallest absolute Gasteiger partial charge is 0.333 e. The topological polar surface area (TPSA) is 126 Å². The minimum atomic E-state index is -1.51. The van der Waals surface area contributed by atoms with Gasteiger partial charge in [0.1, 0.15) is 24.4 Å². The predicted molar refractivity (Wildman–Crippen MR) is 88.5 cm³/mol. The summed E-state index contributed by atoms with van der Waals surface area (Å²) in [7, 11) is 1.30. The van der Waals surface area contributed by atoms with E-state index >= 15 is 0 Å². The summed E-state index contributed by atoms with van der Waals surface area (Å²) in [6, 6.07) is 0. The average molecular weight is 360 g/mol. The SMILES string of the molecule is C=C[C@](C)(CC/C=C(\C)C(=O)OC)O[C@@H]1O[C@H](CO)[C@@H](O)[C@H](O)[C@H]1O. The molecule has 0 bridgehead atoms. The van der Waals surface area contributed by atoms with Crippen molar-refractivity contribution < 1.29 is 39.4 Å². The summed E-state index contributed by atoms with van der Waals surface area (Å²) >= 11 is 0. The molecule has 8 nitrogen and oxygen atoms in total. The van der Waals surface area contributed by atoms with E-state index in [2.05, 4.69) is 11.3 Å². The van der Waals surface area contributed by atoms with Crippen LogP contribution in [0.15, 0.2) is 24.3 Å². The van der Waals surface area contributed by atoms with Crippen LogP contribution in [0.2, 0.25) is 0 Å². The number of hydrogen-bond donors (Lipinski definition) is 4. The zero-order valence-corrected chi connectivity index (χ0v) is 14.8. The van der Waals surface area contributed by atoms with Gasteiger partial charge in [0.2, 0.25) is 0 Å². The van der Waals surface area contributed by atoms with Crippen LogP contribution in [0.1, 0.15) is 26.7 Å². The van der Waals surface area contributed by atoms with Crippen LogP contribution in [0, 0.1) is 0 Å². The Morgan fingerprint density at radius 3 is 2.44 bits per heavy atom. The molecule has 144 valence electrons. The van der Waals surface area contributed by atoms with Crippen LogP contribution in [0.4, 0.5) is 0 Å². The Bertz CT molecular complexity index is 489. The van der Waals surface area contributed by atoms with Crippen molar-refractivity contribution in [2.75, 3.05) is 13.7 Å². The van der Waals surface area contributed by atoms with E-state index in [1.807, 2.05) is 0 Å². The first-order valence-corrected chi connectivity index (χ1v) is 8.06. The first kappa shape index (κ1) is 21.8. The number of rotatable bonds is 8. The largest absolute Gasteiger partial charge is 0.466 e. The molecule has 4 N–H and O–H groups in total. The van der Waals surface area contributed by atoms with Gasteiger partial charge in [-0.2, -0.15) is 0 Å². The van der Waals surface area contributed by atoms with E-state index in [4.69, 9.17) is 9.47 Å². The lowest BCUT2D eigenvalue weighted by atomic mass is 9.96. The van der Waals surface area contributed by atoms with Crippen molar-refractivity contribution in [2.45, 2.75) is 63.0 Å². The molecule has 6 atom stereocenters. The summed E-state index contributed by atoms with van der Waals surface area (Å²) in [5, 5.41) is 38.9. The van der Waals surface area contributed by atoms with Gasteiger partial charge in [0.25, 0.3) is 0 Å². The van der Waals surface area contributed by atoms with Crippen LogP contribution in [0.5, 0.6) is 0 Å². The highest BCUT2D eigenvalue weighted by Gasteiger charge is 2.45. The number of aliphatic hydroxyl groups is 4. The van der Waals surface area contributed by atoms with Crippen LogP contribution in [-0.2, 0) is 19.0 Å². The predicted octanol–water partition coefficient (Wildman–Crippen LogP) is -0.353. The molecule has 0 aromatic carbocycles. The number of hydrogen-bond acceptors (Lipinski definition) is 8. The average Bonchev–Trinajstić information content (AvgIpc) is 2.61. The first-order chi connectivity index (χ1) is 11.7. The highest BCUT2D eigenvalue weighted by Crippen LogP contribution is 2.29. The second-order valence-corrected chi connectivity index (χ2v) is 6.25. The van der Waals surface area contributed by atoms with Crippen molar-refractivity contribution >= 4 is 5.97 Å². The fourth-order valence-corrected chi connectivity index (χ4v) is 2.46. The van der Waals surface area contributed by atoms with Crippen LogP contribution in [0.25, 0.3) is 0 Å². The van der Waals surface area contributed by atoms with Gasteiger partial charge < -0.3 is 34.6 Å². The van der Waals surface area contributed by atoms with E-state index in [-0.39, 0.29) is 0 Å². The number of carbonyl (C=O) groups excluding carboxylic acids is 1. The summed E-state index contributed by atoms with van der Waals surface area (Å²) in [5.74, 6) is -0.421. The molecule has 0 spiro atoms. The lowest BCUT2D eigenvalue weighted by Gasteiger charge is -2.42. The van der Waals surface area contributed by atoms with Crippen LogP contribution < -0.4 is 0 Å². The van der Waals surface area contributed by atoms with Crippen molar-refractivity contribution in [3.63, 3.8) is 0 Å². The van der Waals surface area contributed by atoms with Crippen LogP contribution >= 0.6 is 0 Å². The van der Waals surface area contributed by atoms with E-state index < -0.39 is 48.9 Å². The molecule has 0 amide bonds. The second-order valence-electron chi connectivity index (χ2n) is 6.25. The van der Waals surface area contributed by atoms with Gasteiger partial charge in [0.05, 0.1) is 19.3 Å². The van der Waals surface area contributed by atoms with E-state index in [0.717, 1.165) is 0 Å². The molecule has 8 heteroatoms. The van der Waals surface area contributed by atoms with Gasteiger partial charge in [-0.15, -0.1) is 6.58 Å². The minimum Gasteiger partial charge on any atom is -0.466 e. The molecule has 0 aromatic heterocycles. The fourth-order valence-electron chi connectivity index (χ4n) is 2.46. The lowest BCUT2D eigenvalue weighted by molar-refractivity contribution is -0.319. The van der Waals surface area contributed by atoms with Crippen molar-refractivity contribution in [3.05, 3.63) is 24.3 Å². The van der Waals surface area contributed by atoms with Gasteiger partial charge in [-0.3, -0.25) is 0 Å². The van der Waals surface area contributed by atoms with Gasteiger partial charge in [0.15, 0.2) is 6.29 Å². The molecule has 1 heterocycles. The Labute approximate surface area is 147 Å². The van der Waals surface area contributed by atoms with Gasteiger partial charge in [-0.05, 0) is 26.7 Å². The molecular weight excluding hydrogens is 332 g/mol. The van der Waals surface area contributed by atoms with E-state index in [9.17, 15) is 25.2 Å². The quantitative estimate of drug-likeness (QED) is 0.263. The normalized spacial score (nSPS) is 32.8. The Morgan fingerprint density at radius 1 is 1.28 bits per heavy atom. The summed E-state index contributed by atoms with van der Waals surface area (Å²) < 4.78 is 15.7. The zero-order chi connectivity index (χ0) is 19.2. The first-order valence-electron chi connectivity index (χ1n) is 8.06. The molecule has 0 aromatic rings. The molecule has 0 unspecified atom stereocenters. The Hall–Kier alpha value is -1.29. The van der Waals surface area contributed by atoms with Crippen molar-refractivity contribution in [1.29, 1.82) is 0 Å². The molecule has 1 saturated heterocycles. The lowest BCUT2D eigenvalue weighted by Crippen LogP contribution is -2.60.